The number of benzene rings is 2. The Bertz CT molecular complexity index is 1360. The Morgan fingerprint density at radius 1 is 1.09 bits per heavy atom. The van der Waals surface area contributed by atoms with Crippen LogP contribution in [0.1, 0.15) is 45.7 Å². The quantitative estimate of drug-likeness (QED) is 0.552. The van der Waals surface area contributed by atoms with Crippen LogP contribution in [0.5, 0.6) is 5.75 Å². The van der Waals surface area contributed by atoms with Gasteiger partial charge in [-0.1, -0.05) is 23.7 Å². The minimum absolute atomic E-state index is 0.224. The first-order chi connectivity index (χ1) is 15.5. The van der Waals surface area contributed by atoms with E-state index in [1.54, 1.807) is 48.1 Å². The number of halogens is 1. The first kappa shape index (κ1) is 23.1. The summed E-state index contributed by atoms with van der Waals surface area (Å²) in [5, 5.41) is 4.35. The van der Waals surface area contributed by atoms with Crippen molar-refractivity contribution in [2.45, 2.75) is 24.8 Å². The molecule has 2 amide bonds. The van der Waals surface area contributed by atoms with Crippen LogP contribution in [-0.2, 0) is 22.6 Å². The van der Waals surface area contributed by atoms with Gasteiger partial charge in [-0.25, -0.2) is 13.1 Å². The predicted molar refractivity (Wildman–Crippen MR) is 126 cm³/mol. The Morgan fingerprint density at radius 3 is 2.30 bits per heavy atom. The summed E-state index contributed by atoms with van der Waals surface area (Å²) in [4.78, 5) is 25.4. The van der Waals surface area contributed by atoms with Gasteiger partial charge in [0, 0.05) is 18.0 Å². The van der Waals surface area contributed by atoms with Gasteiger partial charge in [0.05, 0.1) is 29.4 Å². The lowest BCUT2D eigenvalue weighted by Crippen LogP contribution is -2.51. The van der Waals surface area contributed by atoms with Crippen molar-refractivity contribution in [3.63, 3.8) is 0 Å². The van der Waals surface area contributed by atoms with Crippen LogP contribution in [-0.4, -0.2) is 38.2 Å². The minimum Gasteiger partial charge on any atom is -0.495 e. The highest BCUT2D eigenvalue weighted by atomic mass is 35.5. The van der Waals surface area contributed by atoms with Gasteiger partial charge in [0.2, 0.25) is 10.0 Å². The van der Waals surface area contributed by atoms with E-state index in [-0.39, 0.29) is 11.5 Å². The molecular weight excluding hydrogens is 466 g/mol. The number of amides is 2. The molecule has 0 aliphatic heterocycles. The van der Waals surface area contributed by atoms with E-state index in [1.165, 1.54) is 0 Å². The summed E-state index contributed by atoms with van der Waals surface area (Å²) in [7, 11) is -0.299. The average Bonchev–Trinajstić information content (AvgIpc) is 3.07. The smallest absolute Gasteiger partial charge is 0.268 e. The molecule has 1 heterocycles. The highest BCUT2D eigenvalue weighted by Crippen LogP contribution is 2.42. The van der Waals surface area contributed by atoms with E-state index in [2.05, 4.69) is 5.32 Å². The van der Waals surface area contributed by atoms with Crippen LogP contribution in [0.2, 0.25) is 5.02 Å². The summed E-state index contributed by atoms with van der Waals surface area (Å²) < 4.78 is 31.6. The average molecular weight is 490 g/mol. The van der Waals surface area contributed by atoms with Crippen molar-refractivity contribution in [2.75, 3.05) is 13.4 Å². The number of aryl methyl sites for hydroxylation is 1. The summed E-state index contributed by atoms with van der Waals surface area (Å²) >= 11 is 6.44. The Kier molecular flexibility index (Phi) is 5.88. The number of hydrogen-bond donors (Lipinski definition) is 2. The molecule has 8 nitrogen and oxygen atoms in total. The number of carbonyl (C=O) groups excluding carboxylic acids is 2. The summed E-state index contributed by atoms with van der Waals surface area (Å²) in [6.07, 6.45) is 3.39. The molecule has 2 N–H and O–H groups in total. The van der Waals surface area contributed by atoms with Crippen LogP contribution in [0, 0.1) is 0 Å². The van der Waals surface area contributed by atoms with E-state index in [0.29, 0.717) is 16.5 Å². The Balaban J connectivity index is 1.60. The van der Waals surface area contributed by atoms with Crippen molar-refractivity contribution in [3.8, 4) is 5.75 Å². The lowest BCUT2D eigenvalue weighted by molar-refractivity contribution is 0.0814. The van der Waals surface area contributed by atoms with Gasteiger partial charge in [0.25, 0.3) is 11.8 Å². The molecule has 2 aromatic carbocycles. The van der Waals surface area contributed by atoms with Gasteiger partial charge in [-0.15, -0.1) is 0 Å². The van der Waals surface area contributed by atoms with Gasteiger partial charge in [-0.05, 0) is 55.2 Å². The zero-order valence-electron chi connectivity index (χ0n) is 18.4. The van der Waals surface area contributed by atoms with E-state index in [1.807, 2.05) is 17.8 Å². The number of aromatic nitrogens is 1. The number of methoxy groups -OCH3 is 1. The lowest BCUT2D eigenvalue weighted by Gasteiger charge is -2.43. The summed E-state index contributed by atoms with van der Waals surface area (Å²) in [6.45, 7) is 0. The molecule has 33 heavy (non-hydrogen) atoms. The third-order valence-electron chi connectivity index (χ3n) is 6.12. The van der Waals surface area contributed by atoms with Crippen LogP contribution in [0.15, 0.2) is 42.5 Å². The summed E-state index contributed by atoms with van der Waals surface area (Å²) in [6, 6.07) is 12.0. The molecule has 1 aliphatic rings. The van der Waals surface area contributed by atoms with Gasteiger partial charge >= 0.3 is 0 Å². The van der Waals surface area contributed by atoms with Crippen LogP contribution in [0.4, 0.5) is 0 Å². The van der Waals surface area contributed by atoms with Crippen molar-refractivity contribution in [1.29, 1.82) is 0 Å². The number of nitrogens with zero attached hydrogens (tertiary/aromatic N) is 1. The zero-order valence-corrected chi connectivity index (χ0v) is 20.0. The Morgan fingerprint density at radius 2 is 1.76 bits per heavy atom. The lowest BCUT2D eigenvalue weighted by atomic mass is 9.71. The maximum atomic E-state index is 13.3. The molecule has 0 unspecified atom stereocenters. The Labute approximate surface area is 196 Å². The second-order valence-electron chi connectivity index (χ2n) is 8.27. The summed E-state index contributed by atoms with van der Waals surface area (Å²) in [5.74, 6) is -0.391. The number of nitrogens with one attached hydrogen (secondary N) is 2. The van der Waals surface area contributed by atoms with Gasteiger partial charge in [-0.2, -0.15) is 0 Å². The fraction of sp³-hybridized carbons (Fsp3) is 0.304. The molecule has 0 saturated heterocycles. The first-order valence-electron chi connectivity index (χ1n) is 10.3. The summed E-state index contributed by atoms with van der Waals surface area (Å²) in [5.41, 5.74) is 1.81. The molecule has 4 rings (SSSR count). The number of hydrogen-bond acceptors (Lipinski definition) is 5. The van der Waals surface area contributed by atoms with Crippen LogP contribution < -0.4 is 14.8 Å². The van der Waals surface area contributed by atoms with Crippen LogP contribution in [0.3, 0.4) is 0 Å². The highest BCUT2D eigenvalue weighted by molar-refractivity contribution is 7.89. The van der Waals surface area contributed by atoms with E-state index in [0.717, 1.165) is 42.0 Å². The molecular formula is C23H24ClN3O5S. The molecule has 3 aromatic rings. The Hall–Kier alpha value is -3.04. The molecule has 0 bridgehead atoms. The van der Waals surface area contributed by atoms with E-state index >= 15 is 0 Å². The van der Waals surface area contributed by atoms with Gasteiger partial charge < -0.3 is 14.6 Å². The standard InChI is InChI=1S/C23H24ClN3O5S/c1-27-17-9-10-19(32-2)20(24)16(17)13-18(27)22(29)25-23(11-4-12-23)15-7-5-14(6-8-15)21(28)26-33(3,30)31/h5-10,13H,4,11-12H2,1-3H3,(H,25,29)(H,26,28). The largest absolute Gasteiger partial charge is 0.495 e. The third kappa shape index (κ3) is 4.30. The number of sulfonamides is 1. The zero-order chi connectivity index (χ0) is 24.0. The van der Waals surface area contributed by atoms with Crippen molar-refractivity contribution >= 4 is 44.3 Å². The van der Waals surface area contributed by atoms with Crippen LogP contribution in [0.25, 0.3) is 10.9 Å². The maximum Gasteiger partial charge on any atom is 0.268 e. The first-order valence-corrected chi connectivity index (χ1v) is 12.6. The fourth-order valence-corrected chi connectivity index (χ4v) is 4.94. The highest BCUT2D eigenvalue weighted by Gasteiger charge is 2.40. The fourth-order valence-electron chi connectivity index (χ4n) is 4.20. The molecule has 0 spiro atoms. The van der Waals surface area contributed by atoms with Crippen molar-refractivity contribution < 1.29 is 22.7 Å². The monoisotopic (exact) mass is 489 g/mol. The number of carbonyl (C=O) groups is 2. The number of rotatable bonds is 6. The molecule has 0 atom stereocenters. The van der Waals surface area contributed by atoms with E-state index in [4.69, 9.17) is 16.3 Å². The number of ether oxygens (including phenoxy) is 1. The van der Waals surface area contributed by atoms with Crippen LogP contribution >= 0.6 is 11.6 Å². The van der Waals surface area contributed by atoms with E-state index in [9.17, 15) is 18.0 Å². The maximum absolute atomic E-state index is 13.3. The number of fused-ring (bicyclic) bond motifs is 1. The predicted octanol–water partition coefficient (Wildman–Crippen LogP) is 3.34. The van der Waals surface area contributed by atoms with Crippen molar-refractivity contribution in [1.82, 2.24) is 14.6 Å². The molecule has 174 valence electrons. The second kappa shape index (κ2) is 8.39. The van der Waals surface area contributed by atoms with Gasteiger partial charge in [0.15, 0.2) is 0 Å². The molecule has 1 aliphatic carbocycles. The second-order valence-corrected chi connectivity index (χ2v) is 10.4. The van der Waals surface area contributed by atoms with Crippen molar-refractivity contribution in [2.24, 2.45) is 7.05 Å². The molecule has 1 saturated carbocycles. The van der Waals surface area contributed by atoms with Crippen molar-refractivity contribution in [3.05, 3.63) is 64.3 Å². The van der Waals surface area contributed by atoms with E-state index < -0.39 is 21.5 Å². The molecule has 1 fully saturated rings. The third-order valence-corrected chi connectivity index (χ3v) is 7.06. The molecule has 10 heteroatoms. The topological polar surface area (TPSA) is 106 Å². The minimum atomic E-state index is -3.65. The van der Waals surface area contributed by atoms with Gasteiger partial charge in [-0.3, -0.25) is 9.59 Å². The molecule has 1 aromatic heterocycles. The molecule has 0 radical (unpaired) electrons. The normalized spacial score (nSPS) is 15.0. The van der Waals surface area contributed by atoms with Gasteiger partial charge in [0.1, 0.15) is 11.4 Å². The SMILES string of the molecule is COc1ccc2c(cc(C(=O)NC3(c4ccc(C(=O)NS(C)(=O)=O)cc4)CCC3)n2C)c1Cl.